The number of para-hydroxylation sites is 1. The van der Waals surface area contributed by atoms with Gasteiger partial charge in [-0.25, -0.2) is 4.39 Å². The first-order valence-corrected chi connectivity index (χ1v) is 7.33. The lowest BCUT2D eigenvalue weighted by Crippen LogP contribution is -2.30. The summed E-state index contributed by atoms with van der Waals surface area (Å²) in [5.41, 5.74) is 1.82. The summed E-state index contributed by atoms with van der Waals surface area (Å²) < 4.78 is 14.2. The van der Waals surface area contributed by atoms with Crippen molar-refractivity contribution in [1.82, 2.24) is 5.32 Å². The Labute approximate surface area is 117 Å². The third-order valence-electron chi connectivity index (χ3n) is 3.10. The molecule has 0 spiro atoms. The van der Waals surface area contributed by atoms with Gasteiger partial charge < -0.3 is 10.2 Å². The Morgan fingerprint density at radius 3 is 2.58 bits per heavy atom. The van der Waals surface area contributed by atoms with E-state index in [0.29, 0.717) is 5.92 Å². The Morgan fingerprint density at radius 1 is 1.26 bits per heavy atom. The summed E-state index contributed by atoms with van der Waals surface area (Å²) in [6, 6.07) is 5.37. The molecule has 0 radical (unpaired) electrons. The summed E-state index contributed by atoms with van der Waals surface area (Å²) >= 11 is 0. The molecule has 2 nitrogen and oxygen atoms in total. The molecule has 0 amide bonds. The van der Waals surface area contributed by atoms with Gasteiger partial charge in [0.25, 0.3) is 0 Å². The van der Waals surface area contributed by atoms with E-state index >= 15 is 0 Å². The maximum Gasteiger partial charge on any atom is 0.146 e. The van der Waals surface area contributed by atoms with Crippen LogP contribution in [0.25, 0.3) is 0 Å². The second-order valence-corrected chi connectivity index (χ2v) is 5.36. The van der Waals surface area contributed by atoms with Crippen LogP contribution in [0, 0.1) is 11.7 Å². The summed E-state index contributed by atoms with van der Waals surface area (Å²) in [7, 11) is 0. The van der Waals surface area contributed by atoms with Crippen LogP contribution >= 0.6 is 0 Å². The van der Waals surface area contributed by atoms with Gasteiger partial charge in [0.15, 0.2) is 0 Å². The number of nitrogens with one attached hydrogen (secondary N) is 1. The number of hydrogen-bond acceptors (Lipinski definition) is 2. The van der Waals surface area contributed by atoms with Gasteiger partial charge in [-0.15, -0.1) is 0 Å². The first-order valence-electron chi connectivity index (χ1n) is 7.33. The molecular weight excluding hydrogens is 239 g/mol. The number of hydrogen-bond donors (Lipinski definition) is 1. The van der Waals surface area contributed by atoms with Gasteiger partial charge in [-0.05, 0) is 37.4 Å². The van der Waals surface area contributed by atoms with Crippen LogP contribution in [0.3, 0.4) is 0 Å². The van der Waals surface area contributed by atoms with Gasteiger partial charge in [0.05, 0.1) is 5.69 Å². The molecule has 0 atom stereocenters. The van der Waals surface area contributed by atoms with Crippen molar-refractivity contribution in [3.63, 3.8) is 0 Å². The fourth-order valence-corrected chi connectivity index (χ4v) is 2.28. The Kier molecular flexibility index (Phi) is 6.85. The van der Waals surface area contributed by atoms with Crippen molar-refractivity contribution in [2.75, 3.05) is 24.5 Å². The molecule has 0 aliphatic heterocycles. The summed E-state index contributed by atoms with van der Waals surface area (Å²) in [5.74, 6) is 0.411. The molecule has 108 valence electrons. The molecule has 19 heavy (non-hydrogen) atoms. The Morgan fingerprint density at radius 2 is 2.00 bits per heavy atom. The maximum atomic E-state index is 14.2. The molecule has 0 aromatic heterocycles. The average Bonchev–Trinajstić information content (AvgIpc) is 2.37. The van der Waals surface area contributed by atoms with E-state index in [0.717, 1.165) is 43.9 Å². The van der Waals surface area contributed by atoms with E-state index in [4.69, 9.17) is 0 Å². The van der Waals surface area contributed by atoms with Gasteiger partial charge >= 0.3 is 0 Å². The Hall–Kier alpha value is -1.09. The lowest BCUT2D eigenvalue weighted by atomic mass is 10.1. The van der Waals surface area contributed by atoms with E-state index in [-0.39, 0.29) is 5.82 Å². The summed E-state index contributed by atoms with van der Waals surface area (Å²) in [6.45, 7) is 12.0. The van der Waals surface area contributed by atoms with Crippen LogP contribution in [0.1, 0.15) is 39.7 Å². The first-order chi connectivity index (χ1) is 9.10. The Balaban J connectivity index is 2.94. The van der Waals surface area contributed by atoms with Crippen molar-refractivity contribution < 1.29 is 4.39 Å². The van der Waals surface area contributed by atoms with Crippen molar-refractivity contribution in [3.8, 4) is 0 Å². The van der Waals surface area contributed by atoms with Crippen molar-refractivity contribution in [2.24, 2.45) is 5.92 Å². The van der Waals surface area contributed by atoms with Crippen molar-refractivity contribution in [1.29, 1.82) is 0 Å². The van der Waals surface area contributed by atoms with Crippen LogP contribution in [0.2, 0.25) is 0 Å². The van der Waals surface area contributed by atoms with E-state index in [1.54, 1.807) is 12.1 Å². The zero-order chi connectivity index (χ0) is 14.3. The van der Waals surface area contributed by atoms with E-state index in [9.17, 15) is 4.39 Å². The molecule has 0 aliphatic carbocycles. The second-order valence-electron chi connectivity index (χ2n) is 5.36. The monoisotopic (exact) mass is 266 g/mol. The quantitative estimate of drug-likeness (QED) is 0.720. The van der Waals surface area contributed by atoms with Gasteiger partial charge in [0.2, 0.25) is 0 Å². The second kappa shape index (κ2) is 8.16. The number of benzene rings is 1. The van der Waals surface area contributed by atoms with Crippen LogP contribution in [-0.4, -0.2) is 19.6 Å². The largest absolute Gasteiger partial charge is 0.369 e. The summed E-state index contributed by atoms with van der Waals surface area (Å²) in [4.78, 5) is 2.14. The molecule has 1 aromatic rings. The number of nitrogens with zero attached hydrogens (tertiary/aromatic N) is 1. The molecule has 0 saturated heterocycles. The normalized spacial score (nSPS) is 11.1. The van der Waals surface area contributed by atoms with Gasteiger partial charge in [-0.2, -0.15) is 0 Å². The van der Waals surface area contributed by atoms with E-state index < -0.39 is 0 Å². The number of halogens is 1. The van der Waals surface area contributed by atoms with Crippen LogP contribution in [0.4, 0.5) is 10.1 Å². The van der Waals surface area contributed by atoms with E-state index in [1.165, 1.54) is 0 Å². The van der Waals surface area contributed by atoms with Crippen molar-refractivity contribution in [2.45, 2.75) is 40.7 Å². The van der Waals surface area contributed by atoms with Crippen LogP contribution < -0.4 is 10.2 Å². The summed E-state index contributed by atoms with van der Waals surface area (Å²) in [5, 5.41) is 3.36. The molecule has 0 fully saturated rings. The molecule has 3 heteroatoms. The summed E-state index contributed by atoms with van der Waals surface area (Å²) in [6.07, 6.45) is 1.09. The third kappa shape index (κ3) is 4.83. The minimum atomic E-state index is -0.113. The molecule has 0 aliphatic rings. The molecular formula is C16H27FN2. The molecule has 0 heterocycles. The van der Waals surface area contributed by atoms with Gasteiger partial charge in [-0.1, -0.05) is 32.9 Å². The first kappa shape index (κ1) is 16.0. The minimum Gasteiger partial charge on any atom is -0.369 e. The standard InChI is InChI=1S/C16H27FN2/c1-5-10-18-11-14-8-7-9-15(17)16(14)19(6-2)12-13(3)4/h7-9,13,18H,5-6,10-12H2,1-4H3. The number of anilines is 1. The predicted octanol–water partition coefficient (Wildman–Crippen LogP) is 3.81. The fraction of sp³-hybridized carbons (Fsp3) is 0.625. The topological polar surface area (TPSA) is 15.3 Å². The van der Waals surface area contributed by atoms with Gasteiger partial charge in [0.1, 0.15) is 5.82 Å². The van der Waals surface area contributed by atoms with Crippen LogP contribution in [0.5, 0.6) is 0 Å². The zero-order valence-corrected chi connectivity index (χ0v) is 12.7. The van der Waals surface area contributed by atoms with Crippen molar-refractivity contribution >= 4 is 5.69 Å². The average molecular weight is 266 g/mol. The lowest BCUT2D eigenvalue weighted by Gasteiger charge is -2.28. The molecule has 1 N–H and O–H groups in total. The highest BCUT2D eigenvalue weighted by Gasteiger charge is 2.15. The molecule has 1 rings (SSSR count). The molecule has 0 unspecified atom stereocenters. The zero-order valence-electron chi connectivity index (χ0n) is 12.7. The highest BCUT2D eigenvalue weighted by molar-refractivity contribution is 5.55. The molecule has 0 bridgehead atoms. The molecule has 1 aromatic carbocycles. The minimum absolute atomic E-state index is 0.113. The highest BCUT2D eigenvalue weighted by Crippen LogP contribution is 2.25. The van der Waals surface area contributed by atoms with E-state index in [2.05, 4.69) is 37.9 Å². The van der Waals surface area contributed by atoms with Gasteiger partial charge in [-0.3, -0.25) is 0 Å². The predicted molar refractivity (Wildman–Crippen MR) is 81.1 cm³/mol. The highest BCUT2D eigenvalue weighted by atomic mass is 19.1. The maximum absolute atomic E-state index is 14.2. The van der Waals surface area contributed by atoms with E-state index in [1.807, 2.05) is 6.07 Å². The number of rotatable bonds is 8. The van der Waals surface area contributed by atoms with Crippen LogP contribution in [0.15, 0.2) is 18.2 Å². The fourth-order valence-electron chi connectivity index (χ4n) is 2.28. The van der Waals surface area contributed by atoms with Crippen molar-refractivity contribution in [3.05, 3.63) is 29.6 Å². The van der Waals surface area contributed by atoms with Crippen LogP contribution in [-0.2, 0) is 6.54 Å². The lowest BCUT2D eigenvalue weighted by molar-refractivity contribution is 0.579. The molecule has 0 saturated carbocycles. The SMILES string of the molecule is CCCNCc1cccc(F)c1N(CC)CC(C)C. The third-order valence-corrected chi connectivity index (χ3v) is 3.10. The Bertz CT molecular complexity index is 377. The smallest absolute Gasteiger partial charge is 0.146 e. The van der Waals surface area contributed by atoms with Gasteiger partial charge in [0, 0.05) is 19.6 Å².